The number of hydrogen-bond acceptors (Lipinski definition) is 5. The van der Waals surface area contributed by atoms with E-state index in [4.69, 9.17) is 9.47 Å². The first kappa shape index (κ1) is 23.2. The molecule has 182 valence electrons. The van der Waals surface area contributed by atoms with Crippen LogP contribution < -0.4 is 20.3 Å². The van der Waals surface area contributed by atoms with Crippen LogP contribution in [-0.2, 0) is 17.9 Å². The Labute approximate surface area is 207 Å². The average molecular weight is 483 g/mol. The van der Waals surface area contributed by atoms with Gasteiger partial charge in [-0.1, -0.05) is 42.0 Å². The van der Waals surface area contributed by atoms with Gasteiger partial charge in [0.15, 0.2) is 11.5 Å². The minimum Gasteiger partial charge on any atom is -0.493 e. The minimum absolute atomic E-state index is 0.0519. The number of rotatable bonds is 7. The van der Waals surface area contributed by atoms with Crippen molar-refractivity contribution < 1.29 is 14.3 Å². The van der Waals surface area contributed by atoms with E-state index in [-0.39, 0.29) is 18.0 Å². The predicted molar refractivity (Wildman–Crippen MR) is 140 cm³/mol. The lowest BCUT2D eigenvalue weighted by Gasteiger charge is -2.12. The number of amides is 1. The van der Waals surface area contributed by atoms with Crippen LogP contribution in [0.25, 0.3) is 21.9 Å². The van der Waals surface area contributed by atoms with Gasteiger partial charge in [0.2, 0.25) is 5.91 Å². The number of nitrogens with zero attached hydrogens (tertiary/aromatic N) is 3. The summed E-state index contributed by atoms with van der Waals surface area (Å²) < 4.78 is 13.9. The number of aryl methyl sites for hydroxylation is 1. The summed E-state index contributed by atoms with van der Waals surface area (Å²) >= 11 is 0. The number of methoxy groups -OCH3 is 2. The maximum Gasteiger partial charge on any atom is 0.278 e. The number of nitrogens with one attached hydrogen (secondary N) is 1. The zero-order chi connectivity index (χ0) is 25.2. The summed E-state index contributed by atoms with van der Waals surface area (Å²) in [6.07, 6.45) is 1.58. The van der Waals surface area contributed by atoms with Gasteiger partial charge in [-0.3, -0.25) is 14.2 Å². The van der Waals surface area contributed by atoms with Gasteiger partial charge in [0.25, 0.3) is 5.56 Å². The van der Waals surface area contributed by atoms with Gasteiger partial charge in [-0.05, 0) is 36.8 Å². The number of ether oxygens (including phenoxy) is 2. The van der Waals surface area contributed by atoms with Crippen molar-refractivity contribution in [2.45, 2.75) is 20.0 Å². The van der Waals surface area contributed by atoms with Crippen molar-refractivity contribution in [2.24, 2.45) is 0 Å². The van der Waals surface area contributed by atoms with E-state index < -0.39 is 0 Å². The standard InChI is InChI=1S/C28H26N4O4/c1-18-9-11-22-21(13-18)26-27(28(34)31(17-29-26)15-19-7-5-4-6-8-19)32(22)16-25(33)30-20-10-12-23(35-2)24(14-20)36-3/h4-14,17H,15-16H2,1-3H3,(H,30,33). The Kier molecular flexibility index (Phi) is 6.16. The van der Waals surface area contributed by atoms with Crippen LogP contribution in [0.4, 0.5) is 5.69 Å². The van der Waals surface area contributed by atoms with Gasteiger partial charge in [0, 0.05) is 17.1 Å². The summed E-state index contributed by atoms with van der Waals surface area (Å²) in [7, 11) is 3.09. The average Bonchev–Trinajstić information content (AvgIpc) is 3.19. The summed E-state index contributed by atoms with van der Waals surface area (Å²) in [5.41, 5.74) is 4.17. The number of fused-ring (bicyclic) bond motifs is 3. The lowest BCUT2D eigenvalue weighted by Crippen LogP contribution is -2.25. The van der Waals surface area contributed by atoms with Crippen molar-refractivity contribution in [1.82, 2.24) is 14.1 Å². The summed E-state index contributed by atoms with van der Waals surface area (Å²) in [5, 5.41) is 3.74. The molecule has 0 aliphatic rings. The maximum absolute atomic E-state index is 13.6. The predicted octanol–water partition coefficient (Wildman–Crippen LogP) is 4.36. The Morgan fingerprint density at radius 3 is 2.50 bits per heavy atom. The highest BCUT2D eigenvalue weighted by Crippen LogP contribution is 2.30. The molecule has 5 aromatic rings. The van der Waals surface area contributed by atoms with Gasteiger partial charge >= 0.3 is 0 Å². The Balaban J connectivity index is 1.56. The van der Waals surface area contributed by atoms with E-state index in [1.807, 2.05) is 55.5 Å². The van der Waals surface area contributed by atoms with Crippen LogP contribution in [0.1, 0.15) is 11.1 Å². The lowest BCUT2D eigenvalue weighted by atomic mass is 10.1. The van der Waals surface area contributed by atoms with E-state index in [0.717, 1.165) is 22.0 Å². The summed E-state index contributed by atoms with van der Waals surface area (Å²) in [5.74, 6) is 0.799. The van der Waals surface area contributed by atoms with Crippen LogP contribution in [0.15, 0.2) is 77.9 Å². The molecule has 0 atom stereocenters. The molecule has 8 nitrogen and oxygen atoms in total. The normalized spacial score (nSPS) is 11.1. The second-order valence-electron chi connectivity index (χ2n) is 8.59. The third-order valence-electron chi connectivity index (χ3n) is 6.15. The number of carbonyl (C=O) groups excluding carboxylic acids is 1. The molecular formula is C28H26N4O4. The fourth-order valence-corrected chi connectivity index (χ4v) is 4.43. The van der Waals surface area contributed by atoms with Crippen molar-refractivity contribution in [3.8, 4) is 11.5 Å². The molecule has 0 unspecified atom stereocenters. The maximum atomic E-state index is 13.6. The Morgan fingerprint density at radius 2 is 1.75 bits per heavy atom. The lowest BCUT2D eigenvalue weighted by molar-refractivity contribution is -0.116. The zero-order valence-electron chi connectivity index (χ0n) is 20.3. The molecule has 0 saturated carbocycles. The highest BCUT2D eigenvalue weighted by Gasteiger charge is 2.19. The van der Waals surface area contributed by atoms with Gasteiger partial charge < -0.3 is 19.4 Å². The Hall–Kier alpha value is -4.59. The third kappa shape index (κ3) is 4.29. The zero-order valence-corrected chi connectivity index (χ0v) is 20.3. The van der Waals surface area contributed by atoms with E-state index >= 15 is 0 Å². The molecule has 5 rings (SSSR count). The largest absolute Gasteiger partial charge is 0.493 e. The second-order valence-corrected chi connectivity index (χ2v) is 8.59. The molecule has 0 spiro atoms. The van der Waals surface area contributed by atoms with Crippen molar-refractivity contribution in [3.05, 3.63) is 94.5 Å². The van der Waals surface area contributed by atoms with E-state index in [1.165, 1.54) is 7.11 Å². The smallest absolute Gasteiger partial charge is 0.278 e. The fourth-order valence-electron chi connectivity index (χ4n) is 4.43. The van der Waals surface area contributed by atoms with Gasteiger partial charge in [-0.25, -0.2) is 4.98 Å². The molecule has 2 aromatic heterocycles. The molecule has 1 amide bonds. The first-order chi connectivity index (χ1) is 17.5. The summed E-state index contributed by atoms with van der Waals surface area (Å²) in [4.78, 5) is 31.4. The molecule has 0 radical (unpaired) electrons. The molecule has 8 heteroatoms. The van der Waals surface area contributed by atoms with Gasteiger partial charge in [0.1, 0.15) is 17.6 Å². The topological polar surface area (TPSA) is 87.4 Å². The van der Waals surface area contributed by atoms with Crippen LogP contribution in [0.5, 0.6) is 11.5 Å². The quantitative estimate of drug-likeness (QED) is 0.372. The fraction of sp³-hybridized carbons (Fsp3) is 0.179. The van der Waals surface area contributed by atoms with E-state index in [1.54, 1.807) is 40.8 Å². The molecule has 1 N–H and O–H groups in total. The van der Waals surface area contributed by atoms with E-state index in [9.17, 15) is 9.59 Å². The third-order valence-corrected chi connectivity index (χ3v) is 6.15. The Bertz CT molecular complexity index is 1640. The van der Waals surface area contributed by atoms with Gasteiger partial charge in [-0.2, -0.15) is 0 Å². The first-order valence-electron chi connectivity index (χ1n) is 11.5. The molecule has 3 aromatic carbocycles. The van der Waals surface area contributed by atoms with Gasteiger partial charge in [0.05, 0.1) is 32.6 Å². The summed E-state index contributed by atoms with van der Waals surface area (Å²) in [6, 6.07) is 20.8. The van der Waals surface area contributed by atoms with Crippen molar-refractivity contribution in [2.75, 3.05) is 19.5 Å². The number of hydrogen-bond donors (Lipinski definition) is 1. The Morgan fingerprint density at radius 1 is 0.972 bits per heavy atom. The molecule has 2 heterocycles. The second kappa shape index (κ2) is 9.58. The molecule has 0 fully saturated rings. The van der Waals surface area contributed by atoms with E-state index in [0.29, 0.717) is 34.8 Å². The molecule has 36 heavy (non-hydrogen) atoms. The number of benzene rings is 3. The molecule has 0 aliphatic carbocycles. The highest BCUT2D eigenvalue weighted by molar-refractivity contribution is 6.06. The number of carbonyl (C=O) groups is 1. The van der Waals surface area contributed by atoms with Crippen LogP contribution in [0, 0.1) is 6.92 Å². The van der Waals surface area contributed by atoms with E-state index in [2.05, 4.69) is 10.3 Å². The van der Waals surface area contributed by atoms with Crippen molar-refractivity contribution >= 4 is 33.5 Å². The SMILES string of the molecule is COc1ccc(NC(=O)Cn2c3ccc(C)cc3c3ncn(Cc4ccccc4)c(=O)c32)cc1OC. The first-order valence-corrected chi connectivity index (χ1v) is 11.5. The molecule has 0 aliphatic heterocycles. The van der Waals surface area contributed by atoms with Crippen LogP contribution in [0.2, 0.25) is 0 Å². The minimum atomic E-state index is -0.278. The van der Waals surface area contributed by atoms with Crippen molar-refractivity contribution in [3.63, 3.8) is 0 Å². The summed E-state index contributed by atoms with van der Waals surface area (Å²) in [6.45, 7) is 2.33. The molecule has 0 saturated heterocycles. The molecule has 0 bridgehead atoms. The van der Waals surface area contributed by atoms with Gasteiger partial charge in [-0.15, -0.1) is 0 Å². The van der Waals surface area contributed by atoms with Crippen LogP contribution in [0.3, 0.4) is 0 Å². The highest BCUT2D eigenvalue weighted by atomic mass is 16.5. The number of anilines is 1. The molecular weight excluding hydrogens is 456 g/mol. The van der Waals surface area contributed by atoms with Crippen LogP contribution in [-0.4, -0.2) is 34.2 Å². The van der Waals surface area contributed by atoms with Crippen molar-refractivity contribution in [1.29, 1.82) is 0 Å². The monoisotopic (exact) mass is 482 g/mol. The van der Waals surface area contributed by atoms with Crippen LogP contribution >= 0.6 is 0 Å². The number of aromatic nitrogens is 3.